The molecular weight excluding hydrogens is 574 g/mol. The minimum Gasteiger partial charge on any atom is -0.483 e. The number of hydrogen-bond acceptors (Lipinski definition) is 6. The van der Waals surface area contributed by atoms with Gasteiger partial charge in [0.05, 0.1) is 23.4 Å². The van der Waals surface area contributed by atoms with Crippen molar-refractivity contribution in [3.05, 3.63) is 62.5 Å². The quantitative estimate of drug-likeness (QED) is 0.422. The maximum Gasteiger partial charge on any atom is 0.335 e. The first-order valence-electron chi connectivity index (χ1n) is 10.3. The zero-order valence-corrected chi connectivity index (χ0v) is 20.9. The second-order valence-corrected chi connectivity index (χ2v) is 9.18. The highest BCUT2D eigenvalue weighted by molar-refractivity contribution is 9.10. The summed E-state index contributed by atoms with van der Waals surface area (Å²) >= 11 is 6.71. The molecule has 2 aromatic carbocycles. The van der Waals surface area contributed by atoms with E-state index < -0.39 is 17.8 Å². The van der Waals surface area contributed by atoms with Crippen molar-refractivity contribution < 1.29 is 28.7 Å². The van der Waals surface area contributed by atoms with E-state index in [1.165, 1.54) is 6.08 Å². The third kappa shape index (κ3) is 5.37. The van der Waals surface area contributed by atoms with E-state index in [-0.39, 0.29) is 18.1 Å². The average Bonchev–Trinajstić information content (AvgIpc) is 2.82. The number of halogens is 2. The molecule has 2 aromatic rings. The highest BCUT2D eigenvalue weighted by atomic mass is 79.9. The van der Waals surface area contributed by atoms with Gasteiger partial charge in [-0.2, -0.15) is 0 Å². The number of amides is 5. The summed E-state index contributed by atoms with van der Waals surface area (Å²) in [5, 5.41) is 2.19. The minimum absolute atomic E-state index is 0.121. The van der Waals surface area contributed by atoms with Gasteiger partial charge >= 0.3 is 6.03 Å². The molecule has 1 N–H and O–H groups in total. The van der Waals surface area contributed by atoms with Crippen LogP contribution in [0.3, 0.4) is 0 Å². The third-order valence-corrected chi connectivity index (χ3v) is 6.32. The molecular formula is C23H19Br2N3O6. The van der Waals surface area contributed by atoms with Crippen molar-refractivity contribution in [2.75, 3.05) is 37.8 Å². The Morgan fingerprint density at radius 1 is 1.06 bits per heavy atom. The number of benzene rings is 2. The van der Waals surface area contributed by atoms with Crippen LogP contribution in [0.15, 0.2) is 57.0 Å². The van der Waals surface area contributed by atoms with Crippen LogP contribution < -0.4 is 15.0 Å². The summed E-state index contributed by atoms with van der Waals surface area (Å²) in [6.07, 6.45) is 1.39. The fourth-order valence-electron chi connectivity index (χ4n) is 3.42. The standard InChI is InChI=1S/C23H19Br2N3O6/c24-15-2-4-16(5-3-15)28-22(31)17(21(30)26-23(28)32)11-14-1-6-19(18(25)12-14)34-13-20(29)27-7-9-33-10-8-27/h1-6,11-12H,7-10,13H2,(H,26,30,32)/b17-11+. The van der Waals surface area contributed by atoms with Crippen LogP contribution in [-0.2, 0) is 19.1 Å². The Hall–Kier alpha value is -3.02. The van der Waals surface area contributed by atoms with Gasteiger partial charge in [-0.3, -0.25) is 19.7 Å². The number of carbonyl (C=O) groups excluding carboxylic acids is 4. The third-order valence-electron chi connectivity index (χ3n) is 5.17. The van der Waals surface area contributed by atoms with E-state index in [1.54, 1.807) is 47.4 Å². The number of urea groups is 1. The molecule has 2 fully saturated rings. The van der Waals surface area contributed by atoms with Gasteiger partial charge in [0.1, 0.15) is 11.3 Å². The molecule has 0 atom stereocenters. The van der Waals surface area contributed by atoms with E-state index in [0.29, 0.717) is 47.8 Å². The second-order valence-electron chi connectivity index (χ2n) is 7.41. The molecule has 4 rings (SSSR count). The Labute approximate surface area is 211 Å². The van der Waals surface area contributed by atoms with Gasteiger partial charge in [0, 0.05) is 17.6 Å². The highest BCUT2D eigenvalue weighted by Crippen LogP contribution is 2.28. The summed E-state index contributed by atoms with van der Waals surface area (Å²) in [6, 6.07) is 10.7. The molecule has 0 saturated carbocycles. The lowest BCUT2D eigenvalue weighted by molar-refractivity contribution is -0.137. The first-order chi connectivity index (χ1) is 16.3. The van der Waals surface area contributed by atoms with Crippen LogP contribution in [-0.4, -0.2) is 61.6 Å². The largest absolute Gasteiger partial charge is 0.483 e. The number of anilines is 1. The van der Waals surface area contributed by atoms with Crippen molar-refractivity contribution in [2.24, 2.45) is 0 Å². The molecule has 0 aliphatic carbocycles. The number of rotatable bonds is 5. The molecule has 9 nitrogen and oxygen atoms in total. The summed E-state index contributed by atoms with van der Waals surface area (Å²) < 4.78 is 12.2. The second kappa shape index (κ2) is 10.5. The number of imide groups is 2. The van der Waals surface area contributed by atoms with E-state index in [1.807, 2.05) is 0 Å². The molecule has 0 radical (unpaired) electrons. The van der Waals surface area contributed by atoms with E-state index in [4.69, 9.17) is 9.47 Å². The highest BCUT2D eigenvalue weighted by Gasteiger charge is 2.36. The Balaban J connectivity index is 1.49. The van der Waals surface area contributed by atoms with Gasteiger partial charge in [-0.05, 0) is 64.0 Å². The van der Waals surface area contributed by atoms with E-state index in [2.05, 4.69) is 37.2 Å². The first-order valence-corrected chi connectivity index (χ1v) is 11.9. The number of morpholine rings is 1. The smallest absolute Gasteiger partial charge is 0.335 e. The normalized spacial score (nSPS) is 17.7. The summed E-state index contributed by atoms with van der Waals surface area (Å²) in [5.74, 6) is -1.21. The monoisotopic (exact) mass is 591 g/mol. The lowest BCUT2D eigenvalue weighted by atomic mass is 10.1. The van der Waals surface area contributed by atoms with E-state index in [9.17, 15) is 19.2 Å². The molecule has 34 heavy (non-hydrogen) atoms. The number of carbonyl (C=O) groups is 4. The van der Waals surface area contributed by atoms with Crippen LogP contribution in [0.5, 0.6) is 5.75 Å². The van der Waals surface area contributed by atoms with Crippen LogP contribution in [0, 0.1) is 0 Å². The van der Waals surface area contributed by atoms with Crippen molar-refractivity contribution in [3.63, 3.8) is 0 Å². The molecule has 0 bridgehead atoms. The maximum absolute atomic E-state index is 13.0. The predicted octanol–water partition coefficient (Wildman–Crippen LogP) is 3.12. The topological polar surface area (TPSA) is 105 Å². The summed E-state index contributed by atoms with van der Waals surface area (Å²) in [5.41, 5.74) is 0.673. The predicted molar refractivity (Wildman–Crippen MR) is 130 cm³/mol. The molecule has 0 aromatic heterocycles. The fourth-order valence-corrected chi connectivity index (χ4v) is 4.19. The molecule has 2 aliphatic heterocycles. The number of barbiturate groups is 1. The average molecular weight is 593 g/mol. The van der Waals surface area contributed by atoms with Crippen molar-refractivity contribution in [2.45, 2.75) is 0 Å². The Morgan fingerprint density at radius 3 is 2.44 bits per heavy atom. The zero-order chi connectivity index (χ0) is 24.2. The number of ether oxygens (including phenoxy) is 2. The van der Waals surface area contributed by atoms with Crippen LogP contribution in [0.4, 0.5) is 10.5 Å². The van der Waals surface area contributed by atoms with Crippen molar-refractivity contribution in [1.29, 1.82) is 0 Å². The number of nitrogens with zero attached hydrogens (tertiary/aromatic N) is 2. The van der Waals surface area contributed by atoms with Gasteiger partial charge in [-0.25, -0.2) is 9.69 Å². The molecule has 2 heterocycles. The van der Waals surface area contributed by atoms with Crippen LogP contribution in [0.2, 0.25) is 0 Å². The van der Waals surface area contributed by atoms with E-state index in [0.717, 1.165) is 9.37 Å². The van der Waals surface area contributed by atoms with Crippen LogP contribution in [0.25, 0.3) is 6.08 Å². The van der Waals surface area contributed by atoms with Crippen molar-refractivity contribution in [1.82, 2.24) is 10.2 Å². The Bertz CT molecular complexity index is 1180. The lowest BCUT2D eigenvalue weighted by Crippen LogP contribution is -2.54. The van der Waals surface area contributed by atoms with Gasteiger partial charge in [0.2, 0.25) is 0 Å². The Kier molecular flexibility index (Phi) is 7.44. The van der Waals surface area contributed by atoms with Gasteiger partial charge in [0.25, 0.3) is 17.7 Å². The molecule has 5 amide bonds. The summed E-state index contributed by atoms with van der Waals surface area (Å²) in [7, 11) is 0. The first kappa shape index (κ1) is 24.1. The number of hydrogen-bond donors (Lipinski definition) is 1. The van der Waals surface area contributed by atoms with Gasteiger partial charge < -0.3 is 14.4 Å². The number of nitrogens with one attached hydrogen (secondary N) is 1. The van der Waals surface area contributed by atoms with E-state index >= 15 is 0 Å². The van der Waals surface area contributed by atoms with Gasteiger partial charge in [-0.15, -0.1) is 0 Å². The fraction of sp³-hybridized carbons (Fsp3) is 0.217. The maximum atomic E-state index is 13.0. The molecule has 2 saturated heterocycles. The summed E-state index contributed by atoms with van der Waals surface area (Å²) in [4.78, 5) is 52.6. The van der Waals surface area contributed by atoms with Crippen molar-refractivity contribution >= 4 is 67.4 Å². The van der Waals surface area contributed by atoms with Crippen molar-refractivity contribution in [3.8, 4) is 5.75 Å². The lowest BCUT2D eigenvalue weighted by Gasteiger charge is -2.26. The zero-order valence-electron chi connectivity index (χ0n) is 17.8. The molecule has 0 unspecified atom stereocenters. The van der Waals surface area contributed by atoms with Gasteiger partial charge in [0.15, 0.2) is 6.61 Å². The molecule has 2 aliphatic rings. The Morgan fingerprint density at radius 2 is 1.76 bits per heavy atom. The minimum atomic E-state index is -0.815. The summed E-state index contributed by atoms with van der Waals surface area (Å²) in [6.45, 7) is 1.97. The van der Waals surface area contributed by atoms with Crippen LogP contribution in [0.1, 0.15) is 5.56 Å². The van der Waals surface area contributed by atoms with Crippen LogP contribution >= 0.6 is 31.9 Å². The molecule has 11 heteroatoms. The van der Waals surface area contributed by atoms with Gasteiger partial charge in [-0.1, -0.05) is 22.0 Å². The molecule has 176 valence electrons. The molecule has 0 spiro atoms. The SMILES string of the molecule is O=C1NC(=O)N(c2ccc(Br)cc2)C(=O)/C1=C/c1ccc(OCC(=O)N2CCOCC2)c(Br)c1.